The van der Waals surface area contributed by atoms with Crippen LogP contribution in [0.1, 0.15) is 50.4 Å². The number of aromatic nitrogens is 1. The van der Waals surface area contributed by atoms with Gasteiger partial charge in [0.15, 0.2) is 25.6 Å². The maximum absolute atomic E-state index is 16.0. The third-order valence-electron chi connectivity index (χ3n) is 9.47. The second kappa shape index (κ2) is 27.4. The summed E-state index contributed by atoms with van der Waals surface area (Å²) in [5, 5.41) is 61.1. The number of amides is 2. The van der Waals surface area contributed by atoms with Crippen LogP contribution in [-0.4, -0.2) is 63.1 Å². The molecule has 0 aliphatic rings. The van der Waals surface area contributed by atoms with Gasteiger partial charge >= 0.3 is 41.3 Å². The molecule has 1 heterocycles. The van der Waals surface area contributed by atoms with Gasteiger partial charge in [0, 0.05) is 59.5 Å². The molecule has 5 rings (SSSR count). The first-order chi connectivity index (χ1) is 29.9. The maximum atomic E-state index is 16.0. The van der Waals surface area contributed by atoms with Gasteiger partial charge in [-0.2, -0.15) is 4.73 Å². The average molecular weight is 1050 g/mol. The molecule has 0 aliphatic carbocycles. The van der Waals surface area contributed by atoms with Crippen LogP contribution >= 0.6 is 14.3 Å². The van der Waals surface area contributed by atoms with Crippen LogP contribution in [0, 0.1) is 92.5 Å². The number of carbonyl (C=O) groups excluding carboxylic acids is 2. The van der Waals surface area contributed by atoms with Crippen LogP contribution in [0.5, 0.6) is 0 Å². The number of nitrogens with zero attached hydrogens (tertiary/aromatic N) is 6. The number of rotatable bonds is 14. The van der Waals surface area contributed by atoms with E-state index in [0.29, 0.717) is 52.1 Å². The monoisotopic (exact) mass is 1050 g/mol. The van der Waals surface area contributed by atoms with Gasteiger partial charge < -0.3 is 70.1 Å². The predicted molar refractivity (Wildman–Crippen MR) is 237 cm³/mol. The van der Waals surface area contributed by atoms with E-state index in [9.17, 15) is 9.59 Å². The molecule has 336 valence electrons. The van der Waals surface area contributed by atoms with Gasteiger partial charge in [-0.1, -0.05) is 121 Å². The third kappa shape index (κ3) is 14.6. The molecule has 23 heteroatoms. The fourth-order valence-electron chi connectivity index (χ4n) is 6.78. The van der Waals surface area contributed by atoms with Gasteiger partial charge in [-0.05, 0) is 33.8 Å². The Hall–Kier alpha value is -5.81. The minimum atomic E-state index is -3.96. The summed E-state index contributed by atoms with van der Waals surface area (Å²) in [6.45, 7) is 8.66. The molecule has 2 atom stereocenters. The molecule has 0 spiro atoms. The Morgan fingerprint density at radius 2 is 0.672 bits per heavy atom. The Kier molecular flexibility index (Phi) is 24.1. The summed E-state index contributed by atoms with van der Waals surface area (Å²) < 4.78 is 32.5. The first kappa shape index (κ1) is 56.2. The SMILES string of the molecule is CCN(CC)C(=O)[C@H](c1cccc([C@H](C(=O)N(CC)CC)P(=O)(c2ccccc2)c2ccccc2)[n+]1[O-])P(=O)(c1ccccc1)c1ccccc1.O=[N+]([O-])[O-].O=[N+]([O-])[O-].O=[N+]([O-])[O-].[Pr+3]. The van der Waals surface area contributed by atoms with Crippen LogP contribution in [0.2, 0.25) is 0 Å². The number of carbonyl (C=O) groups is 2. The summed E-state index contributed by atoms with van der Waals surface area (Å²) >= 11 is 0. The third-order valence-corrected chi connectivity index (χ3v) is 16.2. The molecule has 0 aliphatic heterocycles. The summed E-state index contributed by atoms with van der Waals surface area (Å²) in [5.41, 5.74) is -3.05. The number of pyridine rings is 1. The van der Waals surface area contributed by atoms with Crippen molar-refractivity contribution in [3.8, 4) is 0 Å². The minimum Gasteiger partial charge on any atom is -0.618 e. The Morgan fingerprint density at radius 1 is 0.469 bits per heavy atom. The van der Waals surface area contributed by atoms with E-state index in [-0.39, 0.29) is 52.7 Å². The molecule has 4 aromatic carbocycles. The van der Waals surface area contributed by atoms with Crippen LogP contribution in [-0.2, 0) is 18.7 Å². The number of benzene rings is 4. The van der Waals surface area contributed by atoms with Crippen molar-refractivity contribution >= 4 is 47.3 Å². The van der Waals surface area contributed by atoms with E-state index < -0.39 is 52.7 Å². The quantitative estimate of drug-likeness (QED) is 0.0439. The first-order valence-electron chi connectivity index (χ1n) is 19.0. The topological polar surface area (TPSA) is 300 Å². The normalized spacial score (nSPS) is 11.4. The van der Waals surface area contributed by atoms with E-state index in [4.69, 9.17) is 46.0 Å². The number of hydrogen-bond donors (Lipinski definition) is 0. The zero-order chi connectivity index (χ0) is 47.3. The summed E-state index contributed by atoms with van der Waals surface area (Å²) in [5.74, 6) is -0.947. The van der Waals surface area contributed by atoms with Crippen molar-refractivity contribution in [2.45, 2.75) is 39.0 Å². The molecular weight excluding hydrogens is 1000 g/mol. The summed E-state index contributed by atoms with van der Waals surface area (Å²) in [6, 6.07) is 39.8. The van der Waals surface area contributed by atoms with Crippen molar-refractivity contribution in [2.24, 2.45) is 0 Å². The van der Waals surface area contributed by atoms with E-state index >= 15 is 14.3 Å². The molecule has 64 heavy (non-hydrogen) atoms. The van der Waals surface area contributed by atoms with Crippen LogP contribution in [0.15, 0.2) is 140 Å². The van der Waals surface area contributed by atoms with Gasteiger partial charge in [-0.3, -0.25) is 9.59 Å². The second-order valence-corrected chi connectivity index (χ2v) is 18.6. The molecule has 0 N–H and O–H groups in total. The van der Waals surface area contributed by atoms with Gasteiger partial charge in [0.25, 0.3) is 0 Å². The first-order valence-corrected chi connectivity index (χ1v) is 22.6. The van der Waals surface area contributed by atoms with Gasteiger partial charge in [0.05, 0.1) is 15.3 Å². The minimum absolute atomic E-state index is 0. The molecule has 2 amide bonds. The Bertz CT molecular complexity index is 2090. The van der Waals surface area contributed by atoms with Crippen LogP contribution in [0.25, 0.3) is 0 Å². The van der Waals surface area contributed by atoms with Crippen molar-refractivity contribution in [3.05, 3.63) is 202 Å². The predicted octanol–water partition coefficient (Wildman–Crippen LogP) is 5.45. The fraction of sp³-hybridized carbons (Fsp3) is 0.244. The number of hydrogen-bond acceptors (Lipinski definition) is 14. The van der Waals surface area contributed by atoms with Crippen LogP contribution in [0.4, 0.5) is 0 Å². The van der Waals surface area contributed by atoms with E-state index in [1.165, 1.54) is 12.1 Å². The molecule has 5 aromatic rings. The van der Waals surface area contributed by atoms with E-state index in [1.807, 2.05) is 52.0 Å². The molecule has 0 saturated carbocycles. The van der Waals surface area contributed by atoms with Crippen molar-refractivity contribution in [1.29, 1.82) is 0 Å². The molecule has 20 nitrogen and oxygen atoms in total. The fourth-order valence-corrected chi connectivity index (χ4v) is 13.1. The van der Waals surface area contributed by atoms with Crippen molar-refractivity contribution in [1.82, 2.24) is 9.80 Å². The standard InChI is InChI=1S/C41H45N3O5P2.3NO3.Pr/c1-5-42(6-2)40(45)38(50(48,32-22-13-9-14-23-32)33-24-15-10-16-25-33)36-30-21-31-37(44(36)47)39(41(46)43(7-3)8-4)51(49,34-26-17-11-18-27-34)35-28-19-12-20-29-35;3*2-1(3)4;/h9-31,38-39H,5-8H2,1-4H3;;;;/q;3*-1;+3/t38-,39+;;;;. The Morgan fingerprint density at radius 3 is 0.859 bits per heavy atom. The van der Waals surface area contributed by atoms with Crippen LogP contribution in [0.3, 0.4) is 0 Å². The zero-order valence-electron chi connectivity index (χ0n) is 35.1. The molecule has 0 fully saturated rings. The average Bonchev–Trinajstić information content (AvgIpc) is 3.26. The molecule has 0 bridgehead atoms. The summed E-state index contributed by atoms with van der Waals surface area (Å²) in [6.07, 6.45) is 0. The Balaban J connectivity index is 0.00000140. The van der Waals surface area contributed by atoms with Crippen LogP contribution < -0.4 is 25.9 Å². The largest absolute Gasteiger partial charge is 3.00 e. The van der Waals surface area contributed by atoms with E-state index in [0.717, 1.165) is 0 Å². The maximum Gasteiger partial charge on any atom is 3.00 e. The van der Waals surface area contributed by atoms with Gasteiger partial charge in [0.2, 0.25) is 23.2 Å². The molecule has 1 aromatic heterocycles. The van der Waals surface area contributed by atoms with Crippen molar-refractivity contribution in [2.75, 3.05) is 26.2 Å². The van der Waals surface area contributed by atoms with Gasteiger partial charge in [-0.25, -0.2) is 0 Å². The second-order valence-electron chi connectivity index (χ2n) is 12.8. The van der Waals surface area contributed by atoms with Gasteiger partial charge in [-0.15, -0.1) is 0 Å². The smallest absolute Gasteiger partial charge is 0.618 e. The molecule has 0 saturated heterocycles. The molecule has 0 unspecified atom stereocenters. The van der Waals surface area contributed by atoms with Crippen molar-refractivity contribution in [3.63, 3.8) is 0 Å². The number of likely N-dealkylation sites (N-methyl/N-ethyl adjacent to an activating group) is 2. The van der Waals surface area contributed by atoms with E-state index in [1.54, 1.807) is 113 Å². The molecular formula is C41H45N6O14P2Pr. The van der Waals surface area contributed by atoms with E-state index in [2.05, 4.69) is 0 Å². The zero-order valence-corrected chi connectivity index (χ0v) is 40.6. The Labute approximate surface area is 401 Å². The summed E-state index contributed by atoms with van der Waals surface area (Å²) in [7, 11) is -7.91. The van der Waals surface area contributed by atoms with Gasteiger partial charge in [0.1, 0.15) is 0 Å². The molecule has 0 radical (unpaired) electrons. The van der Waals surface area contributed by atoms with Crippen molar-refractivity contribution < 1.29 is 80.0 Å². The summed E-state index contributed by atoms with van der Waals surface area (Å²) in [4.78, 5) is 57.5.